The largest absolute Gasteiger partial charge is 0.472 e. The third kappa shape index (κ3) is 55.9. The van der Waals surface area contributed by atoms with Crippen molar-refractivity contribution in [2.75, 3.05) is 39.6 Å². The van der Waals surface area contributed by atoms with Gasteiger partial charge >= 0.3 is 39.5 Å². The Morgan fingerprint density at radius 3 is 0.866 bits per heavy atom. The number of phosphoric acid groups is 2. The first-order valence-corrected chi connectivity index (χ1v) is 36.2. The van der Waals surface area contributed by atoms with E-state index in [4.69, 9.17) is 37.0 Å². The van der Waals surface area contributed by atoms with Gasteiger partial charge in [-0.15, -0.1) is 0 Å². The van der Waals surface area contributed by atoms with E-state index in [0.29, 0.717) is 25.7 Å². The van der Waals surface area contributed by atoms with Crippen LogP contribution in [0.3, 0.4) is 0 Å². The number of hydrogen-bond donors (Lipinski definition) is 3. The van der Waals surface area contributed by atoms with Crippen LogP contribution in [0.2, 0.25) is 0 Å². The Balaban J connectivity index is 4.98. The standard InChI is InChI=1S/C63H122O17P2/c1-6-10-13-16-18-33-37-42-47-61(66)74-53-59(80-63(68)49-44-39-34-30-28-26-24-22-20-19-21-23-25-27-29-32-36-40-45-56(5)9-4)55-78-82(71,72)76-51-57(64)50-75-81(69,70)77-54-58(52-73-60(65)46-41-35-15-12-8-3)79-62(67)48-43-38-31-17-14-11-7-2/h56-59,64H,6-55H2,1-5H3,(H,69,70)(H,71,72)/t56?,57-,58+,59+/m0/s1. The van der Waals surface area contributed by atoms with E-state index in [2.05, 4.69) is 34.6 Å². The van der Waals surface area contributed by atoms with Crippen molar-refractivity contribution in [2.45, 2.75) is 335 Å². The lowest BCUT2D eigenvalue weighted by Gasteiger charge is -2.21. The van der Waals surface area contributed by atoms with Gasteiger partial charge in [0.1, 0.15) is 19.3 Å². The summed E-state index contributed by atoms with van der Waals surface area (Å²) in [6.45, 7) is 7.09. The maximum Gasteiger partial charge on any atom is 0.472 e. The molecule has 19 heteroatoms. The van der Waals surface area contributed by atoms with Crippen molar-refractivity contribution in [2.24, 2.45) is 5.92 Å². The Bertz CT molecular complexity index is 1600. The molecule has 0 rings (SSSR count). The molecule has 0 saturated heterocycles. The van der Waals surface area contributed by atoms with E-state index in [1.54, 1.807) is 0 Å². The van der Waals surface area contributed by atoms with Crippen LogP contribution in [0.25, 0.3) is 0 Å². The normalized spacial score (nSPS) is 14.6. The number of aliphatic hydroxyl groups excluding tert-OH is 1. The van der Waals surface area contributed by atoms with E-state index in [9.17, 15) is 43.2 Å². The van der Waals surface area contributed by atoms with Gasteiger partial charge in [0, 0.05) is 25.7 Å². The average Bonchev–Trinajstić information content (AvgIpc) is 3.45. The van der Waals surface area contributed by atoms with Crippen LogP contribution < -0.4 is 0 Å². The summed E-state index contributed by atoms with van der Waals surface area (Å²) < 4.78 is 67.5. The minimum Gasteiger partial charge on any atom is -0.462 e. The number of carbonyl (C=O) groups excluding carboxylic acids is 4. The van der Waals surface area contributed by atoms with Crippen LogP contribution in [0.4, 0.5) is 0 Å². The van der Waals surface area contributed by atoms with Gasteiger partial charge in [0.25, 0.3) is 0 Å². The van der Waals surface area contributed by atoms with Gasteiger partial charge in [-0.05, 0) is 31.6 Å². The van der Waals surface area contributed by atoms with E-state index in [-0.39, 0.29) is 25.7 Å². The molecule has 0 aromatic carbocycles. The molecule has 0 aromatic heterocycles. The van der Waals surface area contributed by atoms with Crippen LogP contribution in [0.1, 0.15) is 317 Å². The summed E-state index contributed by atoms with van der Waals surface area (Å²) in [4.78, 5) is 71.6. The first-order chi connectivity index (χ1) is 39.6. The molecule has 3 unspecified atom stereocenters. The molecule has 0 aliphatic heterocycles. The molecule has 6 atom stereocenters. The van der Waals surface area contributed by atoms with Gasteiger partial charge in [0.05, 0.1) is 26.4 Å². The second-order valence-corrected chi connectivity index (χ2v) is 25.9. The number of ether oxygens (including phenoxy) is 4. The smallest absolute Gasteiger partial charge is 0.462 e. The Morgan fingerprint density at radius 1 is 0.341 bits per heavy atom. The quantitative estimate of drug-likeness (QED) is 0.0222. The van der Waals surface area contributed by atoms with E-state index < -0.39 is 97.5 Å². The van der Waals surface area contributed by atoms with Crippen molar-refractivity contribution in [3.05, 3.63) is 0 Å². The second-order valence-electron chi connectivity index (χ2n) is 23.0. The first kappa shape index (κ1) is 80.1. The van der Waals surface area contributed by atoms with E-state index in [1.807, 2.05) is 0 Å². The number of rotatable bonds is 63. The van der Waals surface area contributed by atoms with Crippen molar-refractivity contribution in [3.8, 4) is 0 Å². The molecule has 17 nitrogen and oxygen atoms in total. The summed E-state index contributed by atoms with van der Waals surface area (Å²) in [5, 5.41) is 10.5. The molecular weight excluding hydrogens is 1090 g/mol. The van der Waals surface area contributed by atoms with Gasteiger partial charge in [0.15, 0.2) is 12.2 Å². The summed E-state index contributed by atoms with van der Waals surface area (Å²) >= 11 is 0. The number of unbranched alkanes of at least 4 members (excludes halogenated alkanes) is 34. The fourth-order valence-electron chi connectivity index (χ4n) is 9.37. The molecule has 0 aromatic rings. The molecule has 486 valence electrons. The zero-order valence-corrected chi connectivity index (χ0v) is 54.4. The van der Waals surface area contributed by atoms with Gasteiger partial charge in [-0.25, -0.2) is 9.13 Å². The predicted octanol–water partition coefficient (Wildman–Crippen LogP) is 17.4. The minimum absolute atomic E-state index is 0.103. The van der Waals surface area contributed by atoms with Crippen LogP contribution in [0.5, 0.6) is 0 Å². The number of aliphatic hydroxyl groups is 1. The molecule has 0 radical (unpaired) electrons. The lowest BCUT2D eigenvalue weighted by atomic mass is 9.99. The maximum atomic E-state index is 12.9. The molecule has 0 aliphatic carbocycles. The topological polar surface area (TPSA) is 237 Å². The monoisotopic (exact) mass is 1210 g/mol. The van der Waals surface area contributed by atoms with Crippen molar-refractivity contribution in [1.29, 1.82) is 0 Å². The molecule has 82 heavy (non-hydrogen) atoms. The Labute approximate surface area is 498 Å². The average molecular weight is 1210 g/mol. The number of hydrogen-bond acceptors (Lipinski definition) is 15. The summed E-state index contributed by atoms with van der Waals surface area (Å²) in [5.41, 5.74) is 0. The van der Waals surface area contributed by atoms with Gasteiger partial charge in [-0.2, -0.15) is 0 Å². The lowest BCUT2D eigenvalue weighted by Crippen LogP contribution is -2.30. The van der Waals surface area contributed by atoms with Crippen LogP contribution in [0, 0.1) is 5.92 Å². The fraction of sp³-hybridized carbons (Fsp3) is 0.937. The van der Waals surface area contributed by atoms with Crippen LogP contribution in [-0.4, -0.2) is 96.7 Å². The van der Waals surface area contributed by atoms with Crippen LogP contribution >= 0.6 is 15.6 Å². The molecule has 0 saturated carbocycles. The highest BCUT2D eigenvalue weighted by Gasteiger charge is 2.30. The first-order valence-electron chi connectivity index (χ1n) is 33.2. The molecule has 0 heterocycles. The molecule has 0 fully saturated rings. The Kier molecular flexibility index (Phi) is 55.5. The SMILES string of the molecule is CCCCCCCCCCC(=O)OC[C@H](COP(=O)(O)OC[C@@H](O)COP(=O)(O)OC[C@@H](COC(=O)CCCCCCC)OC(=O)CCCCCCCCC)OC(=O)CCCCCCCCCCCCCCCCCCCCC(C)CC. The zero-order valence-electron chi connectivity index (χ0n) is 52.6. The summed E-state index contributed by atoms with van der Waals surface area (Å²) in [5.74, 6) is -1.28. The molecular formula is C63H122O17P2. The highest BCUT2D eigenvalue weighted by Crippen LogP contribution is 2.45. The molecule has 0 bridgehead atoms. The van der Waals surface area contributed by atoms with Crippen molar-refractivity contribution >= 4 is 39.5 Å². The highest BCUT2D eigenvalue weighted by atomic mass is 31.2. The minimum atomic E-state index is -4.94. The van der Waals surface area contributed by atoms with Gasteiger partial charge < -0.3 is 33.8 Å². The maximum absolute atomic E-state index is 12.9. The Hall–Kier alpha value is -1.94. The van der Waals surface area contributed by atoms with E-state index in [0.717, 1.165) is 121 Å². The third-order valence-corrected chi connectivity index (χ3v) is 16.8. The zero-order chi connectivity index (χ0) is 60.6. The van der Waals surface area contributed by atoms with Gasteiger partial charge in [-0.1, -0.05) is 266 Å². The van der Waals surface area contributed by atoms with Crippen molar-refractivity contribution < 1.29 is 80.2 Å². The summed E-state index contributed by atoms with van der Waals surface area (Å²) in [6.07, 6.45) is 41.0. The van der Waals surface area contributed by atoms with Crippen molar-refractivity contribution in [3.63, 3.8) is 0 Å². The van der Waals surface area contributed by atoms with Gasteiger partial charge in [-0.3, -0.25) is 37.3 Å². The van der Waals surface area contributed by atoms with E-state index >= 15 is 0 Å². The van der Waals surface area contributed by atoms with Crippen LogP contribution in [-0.2, 0) is 65.4 Å². The molecule has 0 amide bonds. The van der Waals surface area contributed by atoms with E-state index in [1.165, 1.54) is 116 Å². The predicted molar refractivity (Wildman–Crippen MR) is 326 cm³/mol. The molecule has 3 N–H and O–H groups in total. The fourth-order valence-corrected chi connectivity index (χ4v) is 11.0. The number of esters is 4. The Morgan fingerprint density at radius 2 is 0.585 bits per heavy atom. The third-order valence-electron chi connectivity index (χ3n) is 14.9. The molecule has 0 spiro atoms. The molecule has 0 aliphatic rings. The number of carbonyl (C=O) groups is 4. The summed E-state index contributed by atoms with van der Waals surface area (Å²) in [6, 6.07) is 0. The van der Waals surface area contributed by atoms with Gasteiger partial charge in [0.2, 0.25) is 0 Å². The highest BCUT2D eigenvalue weighted by molar-refractivity contribution is 7.47. The van der Waals surface area contributed by atoms with Crippen molar-refractivity contribution in [1.82, 2.24) is 0 Å². The summed E-state index contributed by atoms with van der Waals surface area (Å²) in [7, 11) is -9.86. The lowest BCUT2D eigenvalue weighted by molar-refractivity contribution is -0.161. The van der Waals surface area contributed by atoms with Crippen LogP contribution in [0.15, 0.2) is 0 Å². The second kappa shape index (κ2) is 56.8. The number of phosphoric ester groups is 2.